The van der Waals surface area contributed by atoms with E-state index in [0.29, 0.717) is 13.0 Å². The lowest BCUT2D eigenvalue weighted by molar-refractivity contribution is -0.142. The molecule has 1 unspecified atom stereocenters. The van der Waals surface area contributed by atoms with Crippen molar-refractivity contribution in [2.24, 2.45) is 5.92 Å². The molecule has 3 rings (SSSR count). The van der Waals surface area contributed by atoms with Crippen LogP contribution in [0.2, 0.25) is 0 Å². The van der Waals surface area contributed by atoms with Crippen LogP contribution in [0, 0.1) is 5.92 Å². The van der Waals surface area contributed by atoms with Crippen LogP contribution in [0.25, 0.3) is 0 Å². The number of rotatable bonds is 3. The molecule has 0 aliphatic carbocycles. The summed E-state index contributed by atoms with van der Waals surface area (Å²) in [5.41, 5.74) is 3.51. The Morgan fingerprint density at radius 2 is 2.16 bits per heavy atom. The number of carbonyl (C=O) groups is 1. The Balaban J connectivity index is 1.81. The minimum atomic E-state index is -0.705. The third-order valence-electron chi connectivity index (χ3n) is 3.74. The monoisotopic (exact) mass is 256 g/mol. The van der Waals surface area contributed by atoms with E-state index in [1.807, 2.05) is 22.8 Å². The Bertz CT molecular complexity index is 589. The van der Waals surface area contributed by atoms with Gasteiger partial charge < -0.3 is 9.67 Å². The van der Waals surface area contributed by atoms with Gasteiger partial charge in [-0.25, -0.2) is 4.98 Å². The van der Waals surface area contributed by atoms with Crippen molar-refractivity contribution in [2.45, 2.75) is 25.8 Å². The fourth-order valence-electron chi connectivity index (χ4n) is 2.67. The van der Waals surface area contributed by atoms with Crippen molar-refractivity contribution in [1.29, 1.82) is 0 Å². The van der Waals surface area contributed by atoms with E-state index in [1.165, 1.54) is 11.3 Å². The van der Waals surface area contributed by atoms with Crippen molar-refractivity contribution < 1.29 is 9.90 Å². The summed E-state index contributed by atoms with van der Waals surface area (Å²) < 4.78 is 2.00. The van der Waals surface area contributed by atoms with Crippen LogP contribution in [0.3, 0.4) is 0 Å². The SMILES string of the molecule is O=C(O)C1CCc2c(Cc3ccccc3)ncn2C1. The number of fused-ring (bicyclic) bond motifs is 1. The van der Waals surface area contributed by atoms with Gasteiger partial charge in [-0.3, -0.25) is 4.79 Å². The van der Waals surface area contributed by atoms with Crippen molar-refractivity contribution in [1.82, 2.24) is 9.55 Å². The zero-order valence-electron chi connectivity index (χ0n) is 10.6. The number of nitrogens with zero attached hydrogens (tertiary/aromatic N) is 2. The lowest BCUT2D eigenvalue weighted by Crippen LogP contribution is -2.26. The van der Waals surface area contributed by atoms with Crippen LogP contribution < -0.4 is 0 Å². The van der Waals surface area contributed by atoms with Gasteiger partial charge in [-0.1, -0.05) is 30.3 Å². The van der Waals surface area contributed by atoms with Gasteiger partial charge >= 0.3 is 5.97 Å². The molecule has 4 nitrogen and oxygen atoms in total. The molecule has 0 saturated carbocycles. The maximum absolute atomic E-state index is 11.0. The summed E-state index contributed by atoms with van der Waals surface area (Å²) in [6.45, 7) is 0.548. The lowest BCUT2D eigenvalue weighted by atomic mass is 9.96. The number of aromatic nitrogens is 2. The summed E-state index contributed by atoms with van der Waals surface area (Å²) in [6, 6.07) is 10.2. The maximum Gasteiger partial charge on any atom is 0.308 e. The van der Waals surface area contributed by atoms with E-state index in [0.717, 1.165) is 18.5 Å². The molecule has 0 saturated heterocycles. The van der Waals surface area contributed by atoms with Gasteiger partial charge in [0.15, 0.2) is 0 Å². The first-order valence-corrected chi connectivity index (χ1v) is 6.53. The number of aliphatic carboxylic acids is 1. The van der Waals surface area contributed by atoms with E-state index in [9.17, 15) is 4.79 Å². The van der Waals surface area contributed by atoms with E-state index in [1.54, 1.807) is 6.33 Å². The zero-order chi connectivity index (χ0) is 13.2. The van der Waals surface area contributed by atoms with Gasteiger partial charge in [0.2, 0.25) is 0 Å². The van der Waals surface area contributed by atoms with Gasteiger partial charge in [-0.05, 0) is 18.4 Å². The zero-order valence-corrected chi connectivity index (χ0v) is 10.6. The molecule has 2 aromatic rings. The van der Waals surface area contributed by atoms with Crippen LogP contribution in [0.15, 0.2) is 36.7 Å². The molecular formula is C15H16N2O2. The van der Waals surface area contributed by atoms with Gasteiger partial charge in [0.05, 0.1) is 17.9 Å². The quantitative estimate of drug-likeness (QED) is 0.915. The van der Waals surface area contributed by atoms with Crippen molar-refractivity contribution >= 4 is 5.97 Å². The molecule has 0 fully saturated rings. The molecule has 1 atom stereocenters. The number of carboxylic acid groups (broad SMARTS) is 1. The summed E-state index contributed by atoms with van der Waals surface area (Å²) in [7, 11) is 0. The highest BCUT2D eigenvalue weighted by Gasteiger charge is 2.26. The molecule has 1 aromatic heterocycles. The Labute approximate surface area is 111 Å². The van der Waals surface area contributed by atoms with Gasteiger partial charge in [-0.2, -0.15) is 0 Å². The first-order valence-electron chi connectivity index (χ1n) is 6.53. The molecular weight excluding hydrogens is 240 g/mol. The second-order valence-corrected chi connectivity index (χ2v) is 5.03. The highest BCUT2D eigenvalue weighted by atomic mass is 16.4. The maximum atomic E-state index is 11.0. The number of benzene rings is 1. The highest BCUT2D eigenvalue weighted by molar-refractivity contribution is 5.70. The van der Waals surface area contributed by atoms with Crippen LogP contribution in [0.1, 0.15) is 23.4 Å². The predicted octanol–water partition coefficient (Wildman–Crippen LogP) is 2.12. The van der Waals surface area contributed by atoms with Gasteiger partial charge in [0, 0.05) is 18.7 Å². The third kappa shape index (κ3) is 2.38. The molecule has 0 spiro atoms. The summed E-state index contributed by atoms with van der Waals surface area (Å²) in [5.74, 6) is -0.977. The molecule has 1 aliphatic rings. The number of carboxylic acids is 1. The van der Waals surface area contributed by atoms with E-state index in [-0.39, 0.29) is 5.92 Å². The molecule has 4 heteroatoms. The standard InChI is InChI=1S/C15H16N2O2/c18-15(19)12-6-7-14-13(16-10-17(14)9-12)8-11-4-2-1-3-5-11/h1-5,10,12H,6-9H2,(H,18,19). The van der Waals surface area contributed by atoms with E-state index in [4.69, 9.17) is 5.11 Å². The summed E-state index contributed by atoms with van der Waals surface area (Å²) >= 11 is 0. The molecule has 0 amide bonds. The smallest absolute Gasteiger partial charge is 0.308 e. The second kappa shape index (κ2) is 4.88. The van der Waals surface area contributed by atoms with E-state index < -0.39 is 5.97 Å². The fourth-order valence-corrected chi connectivity index (χ4v) is 2.67. The molecule has 98 valence electrons. The van der Waals surface area contributed by atoms with Crippen molar-refractivity contribution in [2.75, 3.05) is 0 Å². The van der Waals surface area contributed by atoms with Crippen molar-refractivity contribution in [3.05, 3.63) is 53.6 Å². The average molecular weight is 256 g/mol. The van der Waals surface area contributed by atoms with Gasteiger partial charge in [0.25, 0.3) is 0 Å². The molecule has 19 heavy (non-hydrogen) atoms. The minimum Gasteiger partial charge on any atom is -0.481 e. The highest BCUT2D eigenvalue weighted by Crippen LogP contribution is 2.24. The average Bonchev–Trinajstić information content (AvgIpc) is 2.82. The van der Waals surface area contributed by atoms with Crippen LogP contribution in [-0.4, -0.2) is 20.6 Å². The van der Waals surface area contributed by atoms with Crippen LogP contribution in [0.4, 0.5) is 0 Å². The summed E-state index contributed by atoms with van der Waals surface area (Å²) in [5, 5.41) is 9.07. The molecule has 2 heterocycles. The van der Waals surface area contributed by atoms with E-state index >= 15 is 0 Å². The molecule has 1 aromatic carbocycles. The molecule has 0 bridgehead atoms. The Morgan fingerprint density at radius 3 is 2.89 bits per heavy atom. The van der Waals surface area contributed by atoms with Crippen LogP contribution in [-0.2, 0) is 24.2 Å². The molecule has 1 aliphatic heterocycles. The molecule has 0 radical (unpaired) electrons. The molecule has 1 N–H and O–H groups in total. The first kappa shape index (κ1) is 12.0. The van der Waals surface area contributed by atoms with Crippen LogP contribution >= 0.6 is 0 Å². The minimum absolute atomic E-state index is 0.272. The third-order valence-corrected chi connectivity index (χ3v) is 3.74. The van der Waals surface area contributed by atoms with Gasteiger partial charge in [0.1, 0.15) is 0 Å². The van der Waals surface area contributed by atoms with Crippen molar-refractivity contribution in [3.63, 3.8) is 0 Å². The van der Waals surface area contributed by atoms with Crippen molar-refractivity contribution in [3.8, 4) is 0 Å². The fraction of sp³-hybridized carbons (Fsp3) is 0.333. The lowest BCUT2D eigenvalue weighted by Gasteiger charge is -2.21. The van der Waals surface area contributed by atoms with Gasteiger partial charge in [-0.15, -0.1) is 0 Å². The topological polar surface area (TPSA) is 55.1 Å². The summed E-state index contributed by atoms with van der Waals surface area (Å²) in [6.07, 6.45) is 4.12. The number of imidazole rings is 1. The number of hydrogen-bond acceptors (Lipinski definition) is 2. The Kier molecular flexibility index (Phi) is 3.07. The largest absolute Gasteiger partial charge is 0.481 e. The first-order chi connectivity index (χ1) is 9.24. The Hall–Kier alpha value is -2.10. The summed E-state index contributed by atoms with van der Waals surface area (Å²) in [4.78, 5) is 15.5. The predicted molar refractivity (Wildman–Crippen MR) is 70.9 cm³/mol. The van der Waals surface area contributed by atoms with Crippen LogP contribution in [0.5, 0.6) is 0 Å². The Morgan fingerprint density at radius 1 is 1.37 bits per heavy atom. The second-order valence-electron chi connectivity index (χ2n) is 5.03. The normalized spacial score (nSPS) is 18.0. The number of hydrogen-bond donors (Lipinski definition) is 1. The van der Waals surface area contributed by atoms with E-state index in [2.05, 4.69) is 17.1 Å².